The van der Waals surface area contributed by atoms with Crippen LogP contribution >= 0.6 is 11.3 Å². The first-order valence-electron chi connectivity index (χ1n) is 8.00. The van der Waals surface area contributed by atoms with E-state index < -0.39 is 0 Å². The highest BCUT2D eigenvalue weighted by molar-refractivity contribution is 7.07. The summed E-state index contributed by atoms with van der Waals surface area (Å²) >= 11 is 1.64. The largest absolute Gasteiger partial charge is 0.494 e. The molecule has 25 heavy (non-hydrogen) atoms. The number of aromatic nitrogens is 2. The zero-order chi connectivity index (χ0) is 17.8. The van der Waals surface area contributed by atoms with Crippen LogP contribution in [0.1, 0.15) is 28.5 Å². The minimum absolute atomic E-state index is 0.198. The highest BCUT2D eigenvalue weighted by atomic mass is 32.1. The summed E-state index contributed by atoms with van der Waals surface area (Å²) in [6.45, 7) is 3.75. The number of benzene rings is 1. The van der Waals surface area contributed by atoms with Crippen LogP contribution in [0.25, 0.3) is 5.69 Å². The van der Waals surface area contributed by atoms with Gasteiger partial charge in [0.1, 0.15) is 23.1 Å². The number of para-hydroxylation sites is 2. The second kappa shape index (κ2) is 7.53. The lowest BCUT2D eigenvalue weighted by Gasteiger charge is -2.13. The Kier molecular flexibility index (Phi) is 5.19. The lowest BCUT2D eigenvalue weighted by molar-refractivity contribution is 0.0342. The number of hydrogen-bond donors (Lipinski definition) is 0. The monoisotopic (exact) mass is 356 g/mol. The van der Waals surface area contributed by atoms with Gasteiger partial charge in [0.05, 0.1) is 19.0 Å². The van der Waals surface area contributed by atoms with Gasteiger partial charge >= 0.3 is 5.97 Å². The number of methoxy groups -OCH3 is 1. The maximum absolute atomic E-state index is 12.5. The Balaban J connectivity index is 1.77. The topological polar surface area (TPSA) is 53.4 Å². The van der Waals surface area contributed by atoms with Crippen molar-refractivity contribution in [3.05, 3.63) is 64.1 Å². The summed E-state index contributed by atoms with van der Waals surface area (Å²) < 4.78 is 12.6. The first kappa shape index (κ1) is 17.2. The van der Waals surface area contributed by atoms with Gasteiger partial charge in [-0.3, -0.25) is 0 Å². The minimum Gasteiger partial charge on any atom is -0.494 e. The molecule has 0 spiro atoms. The molecule has 0 aliphatic carbocycles. The maximum atomic E-state index is 12.5. The van der Waals surface area contributed by atoms with E-state index in [1.54, 1.807) is 29.3 Å². The third-order valence-electron chi connectivity index (χ3n) is 3.95. The summed E-state index contributed by atoms with van der Waals surface area (Å²) in [6, 6.07) is 9.59. The fourth-order valence-electron chi connectivity index (χ4n) is 2.69. The molecule has 3 aromatic rings. The number of nitrogens with zero attached hydrogens (tertiary/aromatic N) is 2. The summed E-state index contributed by atoms with van der Waals surface area (Å²) in [5, 5.41) is 8.42. The highest BCUT2D eigenvalue weighted by Crippen LogP contribution is 2.24. The second-order valence-electron chi connectivity index (χ2n) is 5.78. The predicted molar refractivity (Wildman–Crippen MR) is 97.8 cm³/mol. The van der Waals surface area contributed by atoms with E-state index in [9.17, 15) is 4.79 Å². The van der Waals surface area contributed by atoms with Crippen molar-refractivity contribution in [2.45, 2.75) is 26.4 Å². The molecule has 2 heterocycles. The number of ether oxygens (including phenoxy) is 2. The zero-order valence-corrected chi connectivity index (χ0v) is 15.2. The number of esters is 1. The number of hydrogen-bond acceptors (Lipinski definition) is 5. The van der Waals surface area contributed by atoms with Crippen molar-refractivity contribution in [3.63, 3.8) is 0 Å². The van der Waals surface area contributed by atoms with Crippen molar-refractivity contribution in [2.75, 3.05) is 7.11 Å². The Labute approximate surface area is 150 Å². The van der Waals surface area contributed by atoms with Gasteiger partial charge in [-0.25, -0.2) is 9.48 Å². The molecule has 5 nitrogen and oxygen atoms in total. The molecule has 0 N–H and O–H groups in total. The van der Waals surface area contributed by atoms with Crippen LogP contribution in [0, 0.1) is 6.92 Å². The molecule has 1 aromatic carbocycles. The molecule has 0 aliphatic heterocycles. The van der Waals surface area contributed by atoms with Crippen LogP contribution in [0.3, 0.4) is 0 Å². The molecule has 0 saturated carbocycles. The van der Waals surface area contributed by atoms with Crippen LogP contribution in [0.5, 0.6) is 5.75 Å². The Morgan fingerprint density at radius 1 is 1.32 bits per heavy atom. The van der Waals surface area contributed by atoms with E-state index in [-0.39, 0.29) is 12.1 Å². The Hall–Kier alpha value is -2.60. The molecule has 3 rings (SSSR count). The van der Waals surface area contributed by atoms with Gasteiger partial charge in [-0.05, 0) is 48.4 Å². The van der Waals surface area contributed by atoms with Gasteiger partial charge in [0.2, 0.25) is 0 Å². The van der Waals surface area contributed by atoms with Crippen LogP contribution in [0.2, 0.25) is 0 Å². The molecule has 0 aliphatic rings. The lowest BCUT2D eigenvalue weighted by atomic mass is 10.2. The first-order chi connectivity index (χ1) is 12.1. The molecule has 0 saturated heterocycles. The van der Waals surface area contributed by atoms with Gasteiger partial charge in [-0.1, -0.05) is 12.1 Å². The fourth-order valence-corrected chi connectivity index (χ4v) is 3.37. The molecule has 0 radical (unpaired) electrons. The van der Waals surface area contributed by atoms with Crippen LogP contribution < -0.4 is 4.74 Å². The van der Waals surface area contributed by atoms with Crippen molar-refractivity contribution >= 4 is 17.3 Å². The van der Waals surface area contributed by atoms with Gasteiger partial charge in [0.15, 0.2) is 0 Å². The van der Waals surface area contributed by atoms with Crippen LogP contribution in [-0.4, -0.2) is 29.0 Å². The van der Waals surface area contributed by atoms with Crippen molar-refractivity contribution in [1.29, 1.82) is 0 Å². The molecule has 2 aromatic heterocycles. The maximum Gasteiger partial charge on any atom is 0.341 e. The number of carbonyl (C=O) groups is 1. The van der Waals surface area contributed by atoms with Gasteiger partial charge in [-0.2, -0.15) is 16.4 Å². The number of thiophene rings is 1. The molecular weight excluding hydrogens is 336 g/mol. The Morgan fingerprint density at radius 2 is 2.12 bits per heavy atom. The van der Waals surface area contributed by atoms with Gasteiger partial charge in [0.25, 0.3) is 0 Å². The average Bonchev–Trinajstić information content (AvgIpc) is 3.24. The molecule has 1 unspecified atom stereocenters. The van der Waals surface area contributed by atoms with Crippen molar-refractivity contribution in [1.82, 2.24) is 9.78 Å². The summed E-state index contributed by atoms with van der Waals surface area (Å²) in [5.41, 5.74) is 3.14. The Morgan fingerprint density at radius 3 is 2.84 bits per heavy atom. The SMILES string of the molecule is COc1ccccc1-n1ncc(C(=O)OC(C)Cc2ccsc2)c1C. The van der Waals surface area contributed by atoms with E-state index in [1.165, 1.54) is 5.56 Å². The molecular formula is C19H20N2O3S. The molecule has 0 fully saturated rings. The van der Waals surface area contributed by atoms with E-state index in [1.807, 2.05) is 49.6 Å². The van der Waals surface area contributed by atoms with Crippen LogP contribution in [0.4, 0.5) is 0 Å². The molecule has 0 amide bonds. The zero-order valence-electron chi connectivity index (χ0n) is 14.4. The van der Waals surface area contributed by atoms with Gasteiger partial charge in [0, 0.05) is 6.42 Å². The third-order valence-corrected chi connectivity index (χ3v) is 4.69. The molecule has 130 valence electrons. The van der Waals surface area contributed by atoms with Crippen LogP contribution in [-0.2, 0) is 11.2 Å². The van der Waals surface area contributed by atoms with E-state index in [2.05, 4.69) is 10.5 Å². The van der Waals surface area contributed by atoms with E-state index in [4.69, 9.17) is 9.47 Å². The number of rotatable bonds is 6. The summed E-state index contributed by atoms with van der Waals surface area (Å²) in [7, 11) is 1.61. The third kappa shape index (κ3) is 3.74. The minimum atomic E-state index is -0.360. The van der Waals surface area contributed by atoms with Crippen molar-refractivity contribution in [2.24, 2.45) is 0 Å². The highest BCUT2D eigenvalue weighted by Gasteiger charge is 2.20. The lowest BCUT2D eigenvalue weighted by Crippen LogP contribution is -2.17. The standard InChI is InChI=1S/C19H20N2O3S/c1-13(10-15-8-9-25-12-15)24-19(22)16-11-20-21(14(16)2)17-6-4-5-7-18(17)23-3/h4-9,11-13H,10H2,1-3H3. The van der Waals surface area contributed by atoms with Crippen molar-refractivity contribution in [3.8, 4) is 11.4 Å². The fraction of sp³-hybridized carbons (Fsp3) is 0.263. The smallest absolute Gasteiger partial charge is 0.341 e. The predicted octanol–water partition coefficient (Wildman–Crippen LogP) is 4.04. The quantitative estimate of drug-likeness (QED) is 0.626. The van der Waals surface area contributed by atoms with E-state index in [0.717, 1.165) is 11.4 Å². The molecule has 1 atom stereocenters. The Bertz CT molecular complexity index is 855. The van der Waals surface area contributed by atoms with Gasteiger partial charge in [-0.15, -0.1) is 0 Å². The average molecular weight is 356 g/mol. The van der Waals surface area contributed by atoms with Crippen molar-refractivity contribution < 1.29 is 14.3 Å². The summed E-state index contributed by atoms with van der Waals surface area (Å²) in [4.78, 5) is 12.5. The summed E-state index contributed by atoms with van der Waals surface area (Å²) in [5.74, 6) is 0.334. The molecule has 0 bridgehead atoms. The van der Waals surface area contributed by atoms with Crippen LogP contribution in [0.15, 0.2) is 47.3 Å². The summed E-state index contributed by atoms with van der Waals surface area (Å²) in [6.07, 6.45) is 2.05. The van der Waals surface area contributed by atoms with E-state index in [0.29, 0.717) is 17.7 Å². The molecule has 6 heteroatoms. The normalized spacial score (nSPS) is 12.0. The van der Waals surface area contributed by atoms with Gasteiger partial charge < -0.3 is 9.47 Å². The second-order valence-corrected chi connectivity index (χ2v) is 6.56. The number of carbonyl (C=O) groups excluding carboxylic acids is 1. The van der Waals surface area contributed by atoms with E-state index >= 15 is 0 Å². The first-order valence-corrected chi connectivity index (χ1v) is 8.94.